The van der Waals surface area contributed by atoms with E-state index in [2.05, 4.69) is 0 Å². The quantitative estimate of drug-likeness (QED) is 0.783. The van der Waals surface area contributed by atoms with E-state index in [0.717, 1.165) is 25.7 Å². The third-order valence-electron chi connectivity index (χ3n) is 3.77. The first-order valence-electron chi connectivity index (χ1n) is 6.07. The van der Waals surface area contributed by atoms with Gasteiger partial charge in [-0.1, -0.05) is 0 Å². The summed E-state index contributed by atoms with van der Waals surface area (Å²) in [6.07, 6.45) is 3.31. The fourth-order valence-electron chi connectivity index (χ4n) is 2.89. The first-order chi connectivity index (χ1) is 8.20. The fraction of sp³-hybridized carbons (Fsp3) is 0.667. The summed E-state index contributed by atoms with van der Waals surface area (Å²) < 4.78 is 12.9. The van der Waals surface area contributed by atoms with Gasteiger partial charge in [0, 0.05) is 31.0 Å². The van der Waals surface area contributed by atoms with E-state index in [4.69, 9.17) is 9.47 Å². The van der Waals surface area contributed by atoms with Crippen molar-refractivity contribution in [3.05, 3.63) is 12.1 Å². The van der Waals surface area contributed by atoms with Crippen molar-refractivity contribution >= 4 is 0 Å². The summed E-state index contributed by atoms with van der Waals surface area (Å²) in [4.78, 5) is 0. The molecular weight excluding hydrogens is 222 g/mol. The first kappa shape index (κ1) is 10.9. The Morgan fingerprint density at radius 3 is 2.12 bits per heavy atom. The Kier molecular flexibility index (Phi) is 2.52. The average molecular weight is 239 g/mol. The van der Waals surface area contributed by atoms with Crippen molar-refractivity contribution in [2.45, 2.75) is 37.5 Å². The molecule has 2 heterocycles. The Hall–Kier alpha value is -1.20. The van der Waals surface area contributed by atoms with Gasteiger partial charge in [-0.2, -0.15) is 0 Å². The second-order valence-electron chi connectivity index (χ2n) is 4.76. The van der Waals surface area contributed by atoms with Crippen LogP contribution in [-0.4, -0.2) is 33.8 Å². The van der Waals surface area contributed by atoms with Gasteiger partial charge < -0.3 is 19.7 Å². The predicted molar refractivity (Wildman–Crippen MR) is 59.9 cm³/mol. The lowest BCUT2D eigenvalue weighted by Crippen LogP contribution is -2.35. The zero-order chi connectivity index (χ0) is 11.9. The van der Waals surface area contributed by atoms with Crippen LogP contribution in [0.4, 0.5) is 0 Å². The van der Waals surface area contributed by atoms with E-state index in [0.29, 0.717) is 13.2 Å². The second-order valence-corrected chi connectivity index (χ2v) is 4.76. The van der Waals surface area contributed by atoms with Crippen LogP contribution in [0.15, 0.2) is 12.1 Å². The van der Waals surface area contributed by atoms with Gasteiger partial charge in [-0.25, -0.2) is 0 Å². The van der Waals surface area contributed by atoms with Gasteiger partial charge in [0.25, 0.3) is 0 Å². The zero-order valence-corrected chi connectivity index (χ0v) is 9.63. The molecule has 2 N–H and O–H groups in total. The largest absolute Gasteiger partial charge is 0.494 e. The highest BCUT2D eigenvalue weighted by Crippen LogP contribution is 2.42. The molecule has 0 amide bonds. The molecule has 0 aromatic carbocycles. The minimum absolute atomic E-state index is 0.122. The van der Waals surface area contributed by atoms with E-state index in [-0.39, 0.29) is 17.8 Å². The highest BCUT2D eigenvalue weighted by Gasteiger charge is 2.41. The molecule has 3 rings (SSSR count). The molecule has 1 spiro atoms. The van der Waals surface area contributed by atoms with Crippen LogP contribution < -0.4 is 0 Å². The molecule has 0 bridgehead atoms. The van der Waals surface area contributed by atoms with Crippen molar-refractivity contribution in [1.82, 2.24) is 4.57 Å². The normalized spacial score (nSPS) is 24.5. The lowest BCUT2D eigenvalue weighted by Gasteiger charge is -2.36. The summed E-state index contributed by atoms with van der Waals surface area (Å²) in [6, 6.07) is 3.16. The molecule has 1 aliphatic heterocycles. The van der Waals surface area contributed by atoms with E-state index in [1.807, 2.05) is 0 Å². The van der Waals surface area contributed by atoms with Gasteiger partial charge >= 0.3 is 0 Å². The van der Waals surface area contributed by atoms with Gasteiger partial charge in [0.1, 0.15) is 0 Å². The van der Waals surface area contributed by atoms with E-state index < -0.39 is 5.79 Å². The van der Waals surface area contributed by atoms with Crippen LogP contribution in [0.3, 0.4) is 0 Å². The van der Waals surface area contributed by atoms with Crippen LogP contribution in [0.1, 0.15) is 31.7 Å². The Balaban J connectivity index is 1.73. The Bertz CT molecular complexity index is 379. The molecule has 94 valence electrons. The molecule has 1 aromatic rings. The third-order valence-corrected chi connectivity index (χ3v) is 3.77. The molecule has 0 radical (unpaired) electrons. The van der Waals surface area contributed by atoms with Crippen LogP contribution in [-0.2, 0) is 9.47 Å². The molecule has 17 heavy (non-hydrogen) atoms. The summed E-state index contributed by atoms with van der Waals surface area (Å²) in [7, 11) is 0. The highest BCUT2D eigenvalue weighted by molar-refractivity contribution is 5.25. The molecule has 1 aromatic heterocycles. The number of nitrogens with zero attached hydrogens (tertiary/aromatic N) is 1. The molecule has 2 fully saturated rings. The van der Waals surface area contributed by atoms with Crippen molar-refractivity contribution < 1.29 is 19.7 Å². The maximum Gasteiger partial charge on any atom is 0.194 e. The number of hydrogen-bond donors (Lipinski definition) is 2. The molecule has 1 aliphatic carbocycles. The highest BCUT2D eigenvalue weighted by atomic mass is 16.7. The van der Waals surface area contributed by atoms with Crippen molar-refractivity contribution in [2.75, 3.05) is 13.2 Å². The van der Waals surface area contributed by atoms with E-state index >= 15 is 0 Å². The summed E-state index contributed by atoms with van der Waals surface area (Å²) in [6.45, 7) is 1.34. The number of ether oxygens (including phenoxy) is 2. The van der Waals surface area contributed by atoms with Gasteiger partial charge in [0.05, 0.1) is 13.2 Å². The van der Waals surface area contributed by atoms with Crippen LogP contribution in [0.25, 0.3) is 0 Å². The number of rotatable bonds is 1. The van der Waals surface area contributed by atoms with Crippen molar-refractivity contribution in [3.8, 4) is 11.8 Å². The molecule has 5 heteroatoms. The summed E-state index contributed by atoms with van der Waals surface area (Å²) in [5, 5.41) is 19.4. The van der Waals surface area contributed by atoms with Gasteiger partial charge in [-0.3, -0.25) is 4.57 Å². The Morgan fingerprint density at radius 2 is 1.59 bits per heavy atom. The predicted octanol–water partition coefficient (Wildman–Crippen LogP) is 1.76. The van der Waals surface area contributed by atoms with Gasteiger partial charge in [0.2, 0.25) is 0 Å². The SMILES string of the molecule is Oc1ccc(O)n1C1CCC2(CC1)OCCO2. The number of hydrogen-bond acceptors (Lipinski definition) is 4. The molecular formula is C12H17NO4. The fourth-order valence-corrected chi connectivity index (χ4v) is 2.89. The van der Waals surface area contributed by atoms with Crippen LogP contribution in [0.5, 0.6) is 11.8 Å². The van der Waals surface area contributed by atoms with Gasteiger partial charge in [-0.05, 0) is 12.8 Å². The Morgan fingerprint density at radius 1 is 1.06 bits per heavy atom. The van der Waals surface area contributed by atoms with Crippen molar-refractivity contribution in [2.24, 2.45) is 0 Å². The van der Waals surface area contributed by atoms with Gasteiger partial charge in [-0.15, -0.1) is 0 Å². The van der Waals surface area contributed by atoms with E-state index in [1.54, 1.807) is 4.57 Å². The molecule has 5 nitrogen and oxygen atoms in total. The minimum atomic E-state index is -0.394. The lowest BCUT2D eigenvalue weighted by atomic mass is 9.90. The minimum Gasteiger partial charge on any atom is -0.494 e. The van der Waals surface area contributed by atoms with Crippen LogP contribution in [0, 0.1) is 0 Å². The Labute approximate surface area is 99.6 Å². The zero-order valence-electron chi connectivity index (χ0n) is 9.63. The molecule has 1 saturated heterocycles. The monoisotopic (exact) mass is 239 g/mol. The second kappa shape index (κ2) is 3.92. The number of aromatic nitrogens is 1. The smallest absolute Gasteiger partial charge is 0.194 e. The van der Waals surface area contributed by atoms with Crippen molar-refractivity contribution in [3.63, 3.8) is 0 Å². The van der Waals surface area contributed by atoms with Gasteiger partial charge in [0.15, 0.2) is 17.5 Å². The van der Waals surface area contributed by atoms with Crippen molar-refractivity contribution in [1.29, 1.82) is 0 Å². The standard InChI is InChI=1S/C12H17NO4/c14-10-1-2-11(15)13(10)9-3-5-12(6-4-9)16-7-8-17-12/h1-2,9,14-15H,3-8H2. The number of aromatic hydroxyl groups is 2. The summed E-state index contributed by atoms with van der Waals surface area (Å²) >= 11 is 0. The van der Waals surface area contributed by atoms with E-state index in [9.17, 15) is 10.2 Å². The summed E-state index contributed by atoms with van der Waals surface area (Å²) in [5.41, 5.74) is 0. The maximum atomic E-state index is 9.68. The maximum absolute atomic E-state index is 9.68. The first-order valence-corrected chi connectivity index (χ1v) is 6.07. The molecule has 1 saturated carbocycles. The average Bonchev–Trinajstić information content (AvgIpc) is 2.90. The van der Waals surface area contributed by atoms with Crippen LogP contribution >= 0.6 is 0 Å². The van der Waals surface area contributed by atoms with E-state index in [1.165, 1.54) is 12.1 Å². The molecule has 0 atom stereocenters. The molecule has 0 unspecified atom stereocenters. The lowest BCUT2D eigenvalue weighted by molar-refractivity contribution is -0.181. The van der Waals surface area contributed by atoms with Crippen LogP contribution in [0.2, 0.25) is 0 Å². The topological polar surface area (TPSA) is 63.9 Å². The molecule has 2 aliphatic rings. The summed E-state index contributed by atoms with van der Waals surface area (Å²) in [5.74, 6) is -0.150. The third kappa shape index (κ3) is 1.79.